The average molecular weight is 221 g/mol. The number of aromatic hydroxyl groups is 1. The van der Waals surface area contributed by atoms with Crippen molar-refractivity contribution in [2.24, 2.45) is 0 Å². The van der Waals surface area contributed by atoms with Gasteiger partial charge in [-0.25, -0.2) is 4.79 Å². The molecule has 0 fully saturated rings. The van der Waals surface area contributed by atoms with Gasteiger partial charge in [-0.3, -0.25) is 4.52 Å². The molecule has 84 valence electrons. The molecule has 1 unspecified atom stereocenters. The molecule has 2 aromatic rings. The lowest BCUT2D eigenvalue weighted by Gasteiger charge is -2.05. The van der Waals surface area contributed by atoms with Crippen LogP contribution in [0.4, 0.5) is 0 Å². The van der Waals surface area contributed by atoms with Crippen LogP contribution in [0, 0.1) is 0 Å². The van der Waals surface area contributed by atoms with Gasteiger partial charge in [0.2, 0.25) is 5.89 Å². The van der Waals surface area contributed by atoms with Crippen LogP contribution in [0.15, 0.2) is 38.0 Å². The van der Waals surface area contributed by atoms with E-state index in [1.54, 1.807) is 12.1 Å². The first-order chi connectivity index (χ1) is 7.65. The summed E-state index contributed by atoms with van der Waals surface area (Å²) in [5.41, 5.74) is 1.02. The molecule has 1 atom stereocenters. The summed E-state index contributed by atoms with van der Waals surface area (Å²) in [6.45, 7) is 1.88. The molecule has 0 aliphatic rings. The molecule has 5 heteroatoms. The highest BCUT2D eigenvalue weighted by atomic mass is 16.6. The van der Waals surface area contributed by atoms with Crippen molar-refractivity contribution in [2.75, 3.05) is 0 Å². The Morgan fingerprint density at radius 2 is 2.06 bits per heavy atom. The Morgan fingerprint density at radius 1 is 1.38 bits per heavy atom. The summed E-state index contributed by atoms with van der Waals surface area (Å²) in [6, 6.07) is 6.84. The van der Waals surface area contributed by atoms with E-state index in [2.05, 4.69) is 9.68 Å². The molecule has 2 rings (SSSR count). The summed E-state index contributed by atoms with van der Waals surface area (Å²) >= 11 is 0. The van der Waals surface area contributed by atoms with Crippen LogP contribution in [0.25, 0.3) is 0 Å². The molecule has 0 saturated carbocycles. The highest BCUT2D eigenvalue weighted by Crippen LogP contribution is 2.19. The van der Waals surface area contributed by atoms with E-state index in [1.165, 1.54) is 0 Å². The molecule has 16 heavy (non-hydrogen) atoms. The number of hydrogen-bond acceptors (Lipinski definition) is 5. The highest BCUT2D eigenvalue weighted by molar-refractivity contribution is 5.26. The number of aromatic nitrogens is 1. The van der Waals surface area contributed by atoms with Crippen molar-refractivity contribution < 1.29 is 14.0 Å². The Kier molecular flexibility index (Phi) is 2.76. The van der Waals surface area contributed by atoms with Crippen molar-refractivity contribution in [3.8, 4) is 5.75 Å². The standard InChI is InChI=1S/C11H11NO4/c1-7(10-12-16-11(14)15-10)6-8-2-4-9(13)5-3-8/h2-5,7,13H,6H2,1H3. The van der Waals surface area contributed by atoms with Gasteiger partial charge >= 0.3 is 5.82 Å². The van der Waals surface area contributed by atoms with Crippen LogP contribution in [0.1, 0.15) is 24.3 Å². The molecule has 0 amide bonds. The maximum atomic E-state index is 10.7. The van der Waals surface area contributed by atoms with Crippen molar-refractivity contribution >= 4 is 0 Å². The fraction of sp³-hybridized carbons (Fsp3) is 0.273. The van der Waals surface area contributed by atoms with Gasteiger partial charge in [-0.1, -0.05) is 19.1 Å². The van der Waals surface area contributed by atoms with Crippen LogP contribution in [0.3, 0.4) is 0 Å². The van der Waals surface area contributed by atoms with Crippen LogP contribution >= 0.6 is 0 Å². The van der Waals surface area contributed by atoms with Gasteiger partial charge in [-0.2, -0.15) is 0 Å². The highest BCUT2D eigenvalue weighted by Gasteiger charge is 2.14. The smallest absolute Gasteiger partial charge is 0.508 e. The van der Waals surface area contributed by atoms with Crippen molar-refractivity contribution in [1.82, 2.24) is 5.16 Å². The van der Waals surface area contributed by atoms with Gasteiger partial charge in [0.05, 0.1) is 0 Å². The Labute approximate surface area is 91.3 Å². The molecule has 5 nitrogen and oxygen atoms in total. The van der Waals surface area contributed by atoms with Crippen molar-refractivity contribution in [1.29, 1.82) is 0 Å². The predicted octanol–water partition coefficient (Wildman–Crippen LogP) is 1.68. The average Bonchev–Trinajstić information content (AvgIpc) is 2.68. The Balaban J connectivity index is 2.10. The first-order valence-corrected chi connectivity index (χ1v) is 4.90. The van der Waals surface area contributed by atoms with Crippen LogP contribution in [-0.2, 0) is 6.42 Å². The quantitative estimate of drug-likeness (QED) is 0.853. The third kappa shape index (κ3) is 2.31. The van der Waals surface area contributed by atoms with Crippen molar-refractivity contribution in [2.45, 2.75) is 19.3 Å². The van der Waals surface area contributed by atoms with E-state index >= 15 is 0 Å². The van der Waals surface area contributed by atoms with E-state index in [1.807, 2.05) is 19.1 Å². The van der Waals surface area contributed by atoms with Gasteiger partial charge in [0.25, 0.3) is 0 Å². The Hall–Kier alpha value is -2.04. The zero-order chi connectivity index (χ0) is 11.5. The van der Waals surface area contributed by atoms with E-state index < -0.39 is 5.82 Å². The third-order valence-corrected chi connectivity index (χ3v) is 2.30. The van der Waals surface area contributed by atoms with E-state index in [9.17, 15) is 4.79 Å². The fourth-order valence-electron chi connectivity index (χ4n) is 1.47. The van der Waals surface area contributed by atoms with Gasteiger partial charge in [0, 0.05) is 5.92 Å². The van der Waals surface area contributed by atoms with Gasteiger partial charge in [-0.05, 0) is 29.3 Å². The molecule has 0 bridgehead atoms. The Morgan fingerprint density at radius 3 is 2.62 bits per heavy atom. The molecule has 0 saturated heterocycles. The maximum absolute atomic E-state index is 10.7. The van der Waals surface area contributed by atoms with Crippen LogP contribution in [0.2, 0.25) is 0 Å². The molecular formula is C11H11NO4. The maximum Gasteiger partial charge on any atom is 0.542 e. The number of nitrogens with zero attached hydrogens (tertiary/aromatic N) is 1. The number of rotatable bonds is 3. The number of phenols is 1. The summed E-state index contributed by atoms with van der Waals surface area (Å²) in [7, 11) is 0. The van der Waals surface area contributed by atoms with E-state index in [-0.39, 0.29) is 17.6 Å². The number of hydrogen-bond donors (Lipinski definition) is 1. The molecule has 1 aromatic carbocycles. The molecule has 0 aliphatic heterocycles. The second-order valence-electron chi connectivity index (χ2n) is 3.64. The minimum atomic E-state index is -0.785. The van der Waals surface area contributed by atoms with Gasteiger partial charge < -0.3 is 9.52 Å². The molecule has 1 aromatic heterocycles. The summed E-state index contributed by atoms with van der Waals surface area (Å²) in [6.07, 6.45) is 0.662. The normalized spacial score (nSPS) is 12.6. The lowest BCUT2D eigenvalue weighted by molar-refractivity contribution is 0.333. The number of phenolic OH excluding ortho intramolecular Hbond substituents is 1. The minimum absolute atomic E-state index is 0.0454. The van der Waals surface area contributed by atoms with Crippen LogP contribution in [-0.4, -0.2) is 10.3 Å². The lowest BCUT2D eigenvalue weighted by atomic mass is 10.0. The second kappa shape index (κ2) is 4.22. The van der Waals surface area contributed by atoms with Gasteiger partial charge in [0.15, 0.2) is 0 Å². The zero-order valence-electron chi connectivity index (χ0n) is 8.71. The summed E-state index contributed by atoms with van der Waals surface area (Å²) < 4.78 is 9.09. The fourth-order valence-corrected chi connectivity index (χ4v) is 1.47. The van der Waals surface area contributed by atoms with Gasteiger partial charge in [-0.15, -0.1) is 0 Å². The molecule has 1 N–H and O–H groups in total. The minimum Gasteiger partial charge on any atom is -0.508 e. The first kappa shape index (κ1) is 10.5. The van der Waals surface area contributed by atoms with E-state index in [0.717, 1.165) is 5.56 Å². The van der Waals surface area contributed by atoms with Crippen LogP contribution in [0.5, 0.6) is 5.75 Å². The van der Waals surface area contributed by atoms with E-state index in [0.29, 0.717) is 6.42 Å². The molecule has 1 heterocycles. The molecule has 0 spiro atoms. The van der Waals surface area contributed by atoms with Crippen molar-refractivity contribution in [3.63, 3.8) is 0 Å². The zero-order valence-corrected chi connectivity index (χ0v) is 8.71. The van der Waals surface area contributed by atoms with Crippen LogP contribution < -0.4 is 5.82 Å². The van der Waals surface area contributed by atoms with Crippen molar-refractivity contribution in [3.05, 3.63) is 46.3 Å². The predicted molar refractivity (Wildman–Crippen MR) is 55.3 cm³/mol. The molecule has 0 aliphatic carbocycles. The monoisotopic (exact) mass is 221 g/mol. The third-order valence-electron chi connectivity index (χ3n) is 2.30. The topological polar surface area (TPSA) is 76.5 Å². The van der Waals surface area contributed by atoms with E-state index in [4.69, 9.17) is 9.52 Å². The summed E-state index contributed by atoms with van der Waals surface area (Å²) in [5.74, 6) is -0.314. The molecular weight excluding hydrogens is 210 g/mol. The number of benzene rings is 1. The first-order valence-electron chi connectivity index (χ1n) is 4.90. The summed E-state index contributed by atoms with van der Waals surface area (Å²) in [5, 5.41) is 12.6. The second-order valence-corrected chi connectivity index (χ2v) is 3.64. The Bertz CT molecular complexity index is 511. The van der Waals surface area contributed by atoms with Gasteiger partial charge in [0.1, 0.15) is 5.75 Å². The molecule has 0 radical (unpaired) electrons. The summed E-state index contributed by atoms with van der Waals surface area (Å²) in [4.78, 5) is 10.7. The lowest BCUT2D eigenvalue weighted by Crippen LogP contribution is -1.99. The SMILES string of the molecule is CC(Cc1ccc(O)cc1)c1noc(=O)o1. The largest absolute Gasteiger partial charge is 0.542 e.